The van der Waals surface area contributed by atoms with Crippen LogP contribution in [-0.2, 0) is 12.0 Å². The summed E-state index contributed by atoms with van der Waals surface area (Å²) >= 11 is 0. The summed E-state index contributed by atoms with van der Waals surface area (Å²) < 4.78 is 0. The van der Waals surface area contributed by atoms with Crippen molar-refractivity contribution in [2.24, 2.45) is 5.73 Å². The van der Waals surface area contributed by atoms with E-state index in [2.05, 4.69) is 29.2 Å². The van der Waals surface area contributed by atoms with E-state index >= 15 is 0 Å². The van der Waals surface area contributed by atoms with Gasteiger partial charge in [0.2, 0.25) is 0 Å². The van der Waals surface area contributed by atoms with Crippen molar-refractivity contribution in [2.75, 3.05) is 0 Å². The highest BCUT2D eigenvalue weighted by Gasteiger charge is 2.31. The molecule has 0 saturated carbocycles. The molecule has 2 aromatic carbocycles. The summed E-state index contributed by atoms with van der Waals surface area (Å²) in [6.07, 6.45) is 2.51. The molecule has 2 N–H and O–H groups in total. The molecular formula is C19H18N2. The van der Waals surface area contributed by atoms with E-state index in [1.165, 1.54) is 5.56 Å². The zero-order valence-corrected chi connectivity index (χ0v) is 11.8. The van der Waals surface area contributed by atoms with Crippen LogP contribution in [0.5, 0.6) is 0 Å². The Balaban J connectivity index is 2.07. The van der Waals surface area contributed by atoms with Crippen LogP contribution in [0.1, 0.15) is 16.8 Å². The van der Waals surface area contributed by atoms with Crippen molar-refractivity contribution in [1.82, 2.24) is 4.98 Å². The maximum atomic E-state index is 6.81. The molecule has 0 aliphatic rings. The van der Waals surface area contributed by atoms with E-state index in [4.69, 9.17) is 5.73 Å². The van der Waals surface area contributed by atoms with Gasteiger partial charge >= 0.3 is 0 Å². The minimum atomic E-state index is -0.621. The molecule has 0 aliphatic heterocycles. The molecule has 0 radical (unpaired) electrons. The number of rotatable bonds is 4. The molecule has 3 aromatic rings. The fourth-order valence-corrected chi connectivity index (χ4v) is 2.62. The normalized spacial score (nSPS) is 13.6. The van der Waals surface area contributed by atoms with Gasteiger partial charge < -0.3 is 5.73 Å². The Hall–Kier alpha value is -2.45. The minimum absolute atomic E-state index is 0.621. The van der Waals surface area contributed by atoms with Gasteiger partial charge in [0, 0.05) is 12.6 Å². The largest absolute Gasteiger partial charge is 0.316 e. The monoisotopic (exact) mass is 274 g/mol. The highest BCUT2D eigenvalue weighted by Crippen LogP contribution is 2.29. The molecule has 21 heavy (non-hydrogen) atoms. The van der Waals surface area contributed by atoms with E-state index < -0.39 is 5.54 Å². The lowest BCUT2D eigenvalue weighted by molar-refractivity contribution is 0.518. The number of nitrogens with zero attached hydrogens (tertiary/aromatic N) is 1. The predicted octanol–water partition coefficient (Wildman–Crippen LogP) is 3.53. The summed E-state index contributed by atoms with van der Waals surface area (Å²) in [5.41, 5.74) is 9.36. The standard InChI is InChI=1S/C19H18N2/c20-19(17-11-5-2-6-12-17,18-13-7-8-14-21-18)15-16-9-3-1-4-10-16/h1-14H,15,20H2/t19-/m0/s1. The Bertz CT molecular complexity index is 639. The molecule has 1 atom stereocenters. The molecular weight excluding hydrogens is 256 g/mol. The average Bonchev–Trinajstić information content (AvgIpc) is 2.57. The van der Waals surface area contributed by atoms with Crippen LogP contribution >= 0.6 is 0 Å². The zero-order chi connectivity index (χ0) is 14.5. The van der Waals surface area contributed by atoms with Crippen LogP contribution in [0, 0.1) is 0 Å². The summed E-state index contributed by atoms with van der Waals surface area (Å²) in [5.74, 6) is 0. The van der Waals surface area contributed by atoms with Crippen molar-refractivity contribution in [3.05, 3.63) is 102 Å². The van der Waals surface area contributed by atoms with Gasteiger partial charge in [-0.05, 0) is 23.3 Å². The smallest absolute Gasteiger partial charge is 0.0879 e. The number of hydrogen-bond donors (Lipinski definition) is 1. The topological polar surface area (TPSA) is 38.9 Å². The average molecular weight is 274 g/mol. The minimum Gasteiger partial charge on any atom is -0.316 e. The van der Waals surface area contributed by atoms with Crippen molar-refractivity contribution in [3.63, 3.8) is 0 Å². The van der Waals surface area contributed by atoms with Crippen molar-refractivity contribution >= 4 is 0 Å². The summed E-state index contributed by atoms with van der Waals surface area (Å²) in [4.78, 5) is 4.50. The highest BCUT2D eigenvalue weighted by atomic mass is 14.8. The molecule has 0 spiro atoms. The van der Waals surface area contributed by atoms with Gasteiger partial charge in [-0.15, -0.1) is 0 Å². The SMILES string of the molecule is N[C@@](Cc1ccccc1)(c1ccccc1)c1ccccn1. The van der Waals surface area contributed by atoms with Crippen LogP contribution in [-0.4, -0.2) is 4.98 Å². The van der Waals surface area contributed by atoms with E-state index in [0.29, 0.717) is 0 Å². The first kappa shape index (κ1) is 13.5. The summed E-state index contributed by atoms with van der Waals surface area (Å²) in [6.45, 7) is 0. The Kier molecular flexibility index (Phi) is 3.80. The Morgan fingerprint density at radius 1 is 0.762 bits per heavy atom. The van der Waals surface area contributed by atoms with E-state index in [1.54, 1.807) is 6.20 Å². The fourth-order valence-electron chi connectivity index (χ4n) is 2.62. The molecule has 0 unspecified atom stereocenters. The summed E-state index contributed by atoms with van der Waals surface area (Å²) in [5, 5.41) is 0. The van der Waals surface area contributed by atoms with E-state index in [9.17, 15) is 0 Å². The zero-order valence-electron chi connectivity index (χ0n) is 11.8. The lowest BCUT2D eigenvalue weighted by Gasteiger charge is -2.30. The molecule has 104 valence electrons. The lowest BCUT2D eigenvalue weighted by Crippen LogP contribution is -2.41. The van der Waals surface area contributed by atoms with Gasteiger partial charge in [-0.2, -0.15) is 0 Å². The molecule has 0 bridgehead atoms. The van der Waals surface area contributed by atoms with Gasteiger partial charge in [0.05, 0.1) is 11.2 Å². The van der Waals surface area contributed by atoms with Crippen LogP contribution < -0.4 is 5.73 Å². The van der Waals surface area contributed by atoms with E-state index in [-0.39, 0.29) is 0 Å². The van der Waals surface area contributed by atoms with E-state index in [0.717, 1.165) is 17.7 Å². The molecule has 1 aromatic heterocycles. The van der Waals surface area contributed by atoms with E-state index in [1.807, 2.05) is 54.6 Å². The van der Waals surface area contributed by atoms with Crippen molar-refractivity contribution in [2.45, 2.75) is 12.0 Å². The number of pyridine rings is 1. The first-order valence-corrected chi connectivity index (χ1v) is 7.09. The molecule has 0 amide bonds. The van der Waals surface area contributed by atoms with Crippen molar-refractivity contribution < 1.29 is 0 Å². The Labute approximate surface area is 125 Å². The van der Waals surface area contributed by atoms with Crippen LogP contribution in [0.15, 0.2) is 85.1 Å². The molecule has 2 heteroatoms. The molecule has 3 rings (SSSR count). The number of nitrogens with two attached hydrogens (primary N) is 1. The van der Waals surface area contributed by atoms with Crippen molar-refractivity contribution in [3.8, 4) is 0 Å². The number of benzene rings is 2. The van der Waals surface area contributed by atoms with Gasteiger partial charge in [0.25, 0.3) is 0 Å². The first-order valence-electron chi connectivity index (χ1n) is 7.09. The molecule has 0 aliphatic carbocycles. The van der Waals surface area contributed by atoms with Crippen molar-refractivity contribution in [1.29, 1.82) is 0 Å². The van der Waals surface area contributed by atoms with Crippen LogP contribution in [0.4, 0.5) is 0 Å². The number of hydrogen-bond acceptors (Lipinski definition) is 2. The van der Waals surface area contributed by atoms with Gasteiger partial charge in [-0.1, -0.05) is 66.7 Å². The summed E-state index contributed by atoms with van der Waals surface area (Å²) in [6, 6.07) is 26.4. The van der Waals surface area contributed by atoms with Crippen LogP contribution in [0.3, 0.4) is 0 Å². The summed E-state index contributed by atoms with van der Waals surface area (Å²) in [7, 11) is 0. The number of aromatic nitrogens is 1. The van der Waals surface area contributed by atoms with Gasteiger partial charge in [-0.3, -0.25) is 4.98 Å². The predicted molar refractivity (Wildman–Crippen MR) is 85.8 cm³/mol. The lowest BCUT2D eigenvalue weighted by atomic mass is 9.81. The first-order chi connectivity index (χ1) is 10.3. The Morgan fingerprint density at radius 2 is 1.38 bits per heavy atom. The third-order valence-corrected chi connectivity index (χ3v) is 3.74. The van der Waals surface area contributed by atoms with Gasteiger partial charge in [0.1, 0.15) is 0 Å². The van der Waals surface area contributed by atoms with Crippen LogP contribution in [0.25, 0.3) is 0 Å². The third kappa shape index (κ3) is 2.86. The molecule has 2 nitrogen and oxygen atoms in total. The fraction of sp³-hybridized carbons (Fsp3) is 0.105. The molecule has 0 saturated heterocycles. The van der Waals surface area contributed by atoms with Gasteiger partial charge in [0.15, 0.2) is 0 Å². The second kappa shape index (κ2) is 5.90. The molecule has 0 fully saturated rings. The van der Waals surface area contributed by atoms with Gasteiger partial charge in [-0.25, -0.2) is 0 Å². The molecule has 1 heterocycles. The Morgan fingerprint density at radius 3 is 2.00 bits per heavy atom. The second-order valence-corrected chi connectivity index (χ2v) is 5.21. The maximum absolute atomic E-state index is 6.81. The quantitative estimate of drug-likeness (QED) is 0.790. The second-order valence-electron chi connectivity index (χ2n) is 5.21. The van der Waals surface area contributed by atoms with Crippen LogP contribution in [0.2, 0.25) is 0 Å². The maximum Gasteiger partial charge on any atom is 0.0879 e. The highest BCUT2D eigenvalue weighted by molar-refractivity contribution is 5.37. The third-order valence-electron chi connectivity index (χ3n) is 3.74.